The normalized spacial score (nSPS) is 34.9. The number of aliphatic carboxylic acids is 1. The van der Waals surface area contributed by atoms with Gasteiger partial charge in [0, 0.05) is 18.8 Å². The molecular formula is C12H20O10. The van der Waals surface area contributed by atoms with E-state index in [-0.39, 0.29) is 0 Å². The molecule has 128 valence electrons. The molecule has 0 aromatic carbocycles. The monoisotopic (exact) mass is 324 g/mol. The SMILES string of the molecule is O=C(CO)CC1C(O)CC(O)(C(=O)O)OC1C(O)C(O)CO. The number of carboxylic acids is 1. The van der Waals surface area contributed by atoms with Gasteiger partial charge < -0.3 is 40.5 Å². The number of rotatable bonds is 7. The van der Waals surface area contributed by atoms with Gasteiger partial charge in [0.15, 0.2) is 5.78 Å². The van der Waals surface area contributed by atoms with Crippen LogP contribution in [-0.4, -0.2) is 90.9 Å². The van der Waals surface area contributed by atoms with Crippen molar-refractivity contribution in [1.82, 2.24) is 0 Å². The van der Waals surface area contributed by atoms with Gasteiger partial charge in [-0.05, 0) is 0 Å². The number of aliphatic hydroxyl groups is 6. The van der Waals surface area contributed by atoms with Crippen LogP contribution in [0, 0.1) is 5.92 Å². The zero-order valence-corrected chi connectivity index (χ0v) is 11.6. The predicted octanol–water partition coefficient (Wildman–Crippen LogP) is -3.81. The molecule has 0 spiro atoms. The van der Waals surface area contributed by atoms with Crippen molar-refractivity contribution in [2.75, 3.05) is 13.2 Å². The molecule has 0 radical (unpaired) electrons. The summed E-state index contributed by atoms with van der Waals surface area (Å²) in [5.41, 5.74) is 0. The number of hydrogen-bond donors (Lipinski definition) is 7. The molecular weight excluding hydrogens is 304 g/mol. The molecule has 6 atom stereocenters. The fraction of sp³-hybridized carbons (Fsp3) is 0.833. The van der Waals surface area contributed by atoms with Crippen LogP contribution in [0.5, 0.6) is 0 Å². The van der Waals surface area contributed by atoms with E-state index in [0.717, 1.165) is 0 Å². The highest BCUT2D eigenvalue weighted by atomic mass is 16.7. The van der Waals surface area contributed by atoms with Gasteiger partial charge in [0.05, 0.1) is 18.8 Å². The van der Waals surface area contributed by atoms with E-state index >= 15 is 0 Å². The van der Waals surface area contributed by atoms with Gasteiger partial charge in [-0.3, -0.25) is 4.79 Å². The number of aliphatic hydroxyl groups excluding tert-OH is 5. The van der Waals surface area contributed by atoms with Crippen molar-refractivity contribution in [3.63, 3.8) is 0 Å². The standard InChI is InChI=1S/C12H20O10/c13-3-5(15)1-6-7(16)2-12(21,11(19)20)22-10(6)9(18)8(17)4-14/h6-10,13-14,16-18,21H,1-4H2,(H,19,20). The number of carbonyl (C=O) groups excluding carboxylic acids is 1. The van der Waals surface area contributed by atoms with E-state index in [4.69, 9.17) is 20.1 Å². The smallest absolute Gasteiger partial charge is 0.364 e. The second-order valence-electron chi connectivity index (χ2n) is 5.25. The number of Topliss-reactive ketones (excluding diaryl/α,β-unsaturated/α-hetero) is 1. The molecule has 10 heteroatoms. The summed E-state index contributed by atoms with van der Waals surface area (Å²) in [4.78, 5) is 22.4. The number of hydrogen-bond acceptors (Lipinski definition) is 9. The molecule has 7 N–H and O–H groups in total. The van der Waals surface area contributed by atoms with Gasteiger partial charge in [-0.1, -0.05) is 0 Å². The Bertz CT molecular complexity index is 413. The highest BCUT2D eigenvalue weighted by Crippen LogP contribution is 2.36. The van der Waals surface area contributed by atoms with E-state index in [0.29, 0.717) is 0 Å². The van der Waals surface area contributed by atoms with Gasteiger partial charge in [-0.15, -0.1) is 0 Å². The highest BCUT2D eigenvalue weighted by molar-refractivity contribution is 5.80. The van der Waals surface area contributed by atoms with E-state index in [9.17, 15) is 30.0 Å². The molecule has 22 heavy (non-hydrogen) atoms. The minimum Gasteiger partial charge on any atom is -0.477 e. The van der Waals surface area contributed by atoms with Gasteiger partial charge in [-0.25, -0.2) is 4.79 Å². The van der Waals surface area contributed by atoms with Crippen LogP contribution >= 0.6 is 0 Å². The molecule has 0 aromatic heterocycles. The van der Waals surface area contributed by atoms with Crippen LogP contribution in [0.1, 0.15) is 12.8 Å². The van der Waals surface area contributed by atoms with Crippen LogP contribution in [0.4, 0.5) is 0 Å². The Hall–Kier alpha value is -1.14. The number of ketones is 1. The summed E-state index contributed by atoms with van der Waals surface area (Å²) >= 11 is 0. The molecule has 1 fully saturated rings. The third-order valence-electron chi connectivity index (χ3n) is 3.62. The molecule has 6 unspecified atom stereocenters. The van der Waals surface area contributed by atoms with Crippen LogP contribution in [0.2, 0.25) is 0 Å². The minimum absolute atomic E-state index is 0.465. The molecule has 1 heterocycles. The van der Waals surface area contributed by atoms with Crippen molar-refractivity contribution < 1.29 is 50.1 Å². The number of carboxylic acid groups (broad SMARTS) is 1. The van der Waals surface area contributed by atoms with Crippen LogP contribution in [0.15, 0.2) is 0 Å². The summed E-state index contributed by atoms with van der Waals surface area (Å²) in [7, 11) is 0. The maximum atomic E-state index is 11.3. The van der Waals surface area contributed by atoms with E-state index < -0.39 is 73.9 Å². The first-order chi connectivity index (χ1) is 10.2. The van der Waals surface area contributed by atoms with Crippen LogP contribution in [-0.2, 0) is 14.3 Å². The van der Waals surface area contributed by atoms with Gasteiger partial charge in [0.1, 0.15) is 18.8 Å². The molecule has 0 bridgehead atoms. The van der Waals surface area contributed by atoms with Gasteiger partial charge in [0.25, 0.3) is 5.79 Å². The molecule has 0 aliphatic carbocycles. The molecule has 0 amide bonds. The Kier molecular flexibility index (Phi) is 6.38. The third-order valence-corrected chi connectivity index (χ3v) is 3.62. The minimum atomic E-state index is -2.81. The van der Waals surface area contributed by atoms with Crippen LogP contribution < -0.4 is 0 Å². The molecule has 0 saturated carbocycles. The van der Waals surface area contributed by atoms with Crippen molar-refractivity contribution in [2.45, 2.75) is 43.0 Å². The maximum Gasteiger partial charge on any atom is 0.364 e. The first-order valence-electron chi connectivity index (χ1n) is 6.57. The lowest BCUT2D eigenvalue weighted by Gasteiger charge is -2.44. The van der Waals surface area contributed by atoms with Gasteiger partial charge in [-0.2, -0.15) is 0 Å². The highest BCUT2D eigenvalue weighted by Gasteiger charge is 2.53. The number of carbonyl (C=O) groups is 2. The van der Waals surface area contributed by atoms with Gasteiger partial charge in [0.2, 0.25) is 0 Å². The topological polar surface area (TPSA) is 185 Å². The Morgan fingerprint density at radius 3 is 2.32 bits per heavy atom. The summed E-state index contributed by atoms with van der Waals surface area (Å²) < 4.78 is 4.89. The van der Waals surface area contributed by atoms with Crippen molar-refractivity contribution in [3.05, 3.63) is 0 Å². The maximum absolute atomic E-state index is 11.3. The Labute approximate surface area is 125 Å². The summed E-state index contributed by atoms with van der Waals surface area (Å²) in [5, 5.41) is 65.7. The van der Waals surface area contributed by atoms with Crippen molar-refractivity contribution in [3.8, 4) is 0 Å². The molecule has 1 saturated heterocycles. The average molecular weight is 324 g/mol. The lowest BCUT2D eigenvalue weighted by atomic mass is 9.80. The second-order valence-corrected chi connectivity index (χ2v) is 5.25. The summed E-state index contributed by atoms with van der Waals surface area (Å²) in [6.45, 7) is -1.72. The summed E-state index contributed by atoms with van der Waals surface area (Å²) in [6.07, 6.45) is -8.00. The van der Waals surface area contributed by atoms with E-state index in [2.05, 4.69) is 0 Å². The van der Waals surface area contributed by atoms with Crippen molar-refractivity contribution >= 4 is 11.8 Å². The first kappa shape index (κ1) is 18.9. The summed E-state index contributed by atoms with van der Waals surface area (Å²) in [5.74, 6) is -6.49. The second kappa shape index (κ2) is 7.42. The van der Waals surface area contributed by atoms with E-state index in [1.54, 1.807) is 0 Å². The fourth-order valence-corrected chi connectivity index (χ4v) is 2.38. The summed E-state index contributed by atoms with van der Waals surface area (Å²) in [6, 6.07) is 0. The molecule has 10 nitrogen and oxygen atoms in total. The van der Waals surface area contributed by atoms with Crippen LogP contribution in [0.25, 0.3) is 0 Å². The molecule has 1 aliphatic rings. The fourth-order valence-electron chi connectivity index (χ4n) is 2.38. The number of ether oxygens (including phenoxy) is 1. The Morgan fingerprint density at radius 1 is 1.27 bits per heavy atom. The van der Waals surface area contributed by atoms with E-state index in [1.165, 1.54) is 0 Å². The van der Waals surface area contributed by atoms with Crippen molar-refractivity contribution in [1.29, 1.82) is 0 Å². The first-order valence-corrected chi connectivity index (χ1v) is 6.57. The van der Waals surface area contributed by atoms with E-state index in [1.807, 2.05) is 0 Å². The quantitative estimate of drug-likeness (QED) is 0.245. The predicted molar refractivity (Wildman–Crippen MR) is 67.4 cm³/mol. The largest absolute Gasteiger partial charge is 0.477 e. The zero-order chi connectivity index (χ0) is 17.1. The van der Waals surface area contributed by atoms with Gasteiger partial charge >= 0.3 is 5.97 Å². The molecule has 1 aliphatic heterocycles. The molecule has 1 rings (SSSR count). The average Bonchev–Trinajstić information content (AvgIpc) is 2.47. The Morgan fingerprint density at radius 2 is 1.86 bits per heavy atom. The zero-order valence-electron chi connectivity index (χ0n) is 11.6. The molecule has 0 aromatic rings. The third kappa shape index (κ3) is 3.98. The lowest BCUT2D eigenvalue weighted by Crippen LogP contribution is -2.61. The lowest BCUT2D eigenvalue weighted by molar-refractivity contribution is -0.304. The Balaban J connectivity index is 3.07. The van der Waals surface area contributed by atoms with Crippen LogP contribution in [0.3, 0.4) is 0 Å². The van der Waals surface area contributed by atoms with Crippen molar-refractivity contribution in [2.24, 2.45) is 5.92 Å².